The molecule has 0 atom stereocenters. The number of nitrogens with one attached hydrogen (secondary N) is 1. The minimum atomic E-state index is -0.725. The van der Waals surface area contributed by atoms with Gasteiger partial charge >= 0.3 is 5.97 Å². The van der Waals surface area contributed by atoms with E-state index in [0.29, 0.717) is 5.75 Å². The Balaban J connectivity index is 1.79. The Hall–Kier alpha value is -3.42. The number of hydrogen-bond acceptors (Lipinski definition) is 6. The highest BCUT2D eigenvalue weighted by atomic mass is 16.6. The van der Waals surface area contributed by atoms with Gasteiger partial charge in [-0.15, -0.1) is 0 Å². The van der Waals surface area contributed by atoms with Crippen LogP contribution in [0.4, 0.5) is 11.4 Å². The molecular weight excluding hydrogens is 316 g/mol. The van der Waals surface area contributed by atoms with Crippen molar-refractivity contribution in [3.63, 3.8) is 0 Å². The molecule has 0 bridgehead atoms. The molecule has 8 nitrogen and oxygen atoms in total. The number of carbonyl (C=O) groups excluding carboxylic acids is 2. The molecule has 2 rings (SSSR count). The van der Waals surface area contributed by atoms with Crippen LogP contribution >= 0.6 is 0 Å². The number of nitro benzene ring substituents is 1. The van der Waals surface area contributed by atoms with Crippen LogP contribution in [-0.4, -0.2) is 30.0 Å². The Kier molecular flexibility index (Phi) is 5.84. The van der Waals surface area contributed by atoms with Gasteiger partial charge in [-0.2, -0.15) is 0 Å². The first-order chi connectivity index (χ1) is 11.6. The predicted octanol–water partition coefficient (Wildman–Crippen LogP) is 2.16. The van der Waals surface area contributed by atoms with Gasteiger partial charge in [-0.3, -0.25) is 14.9 Å². The van der Waals surface area contributed by atoms with Crippen LogP contribution in [0.5, 0.6) is 5.75 Å². The van der Waals surface area contributed by atoms with Crippen LogP contribution in [0.2, 0.25) is 0 Å². The predicted molar refractivity (Wildman–Crippen MR) is 84.6 cm³/mol. The van der Waals surface area contributed by atoms with Crippen LogP contribution < -0.4 is 10.1 Å². The Bertz CT molecular complexity index is 732. The highest BCUT2D eigenvalue weighted by Gasteiger charge is 2.15. The van der Waals surface area contributed by atoms with Gasteiger partial charge in [-0.1, -0.05) is 30.3 Å². The average molecular weight is 330 g/mol. The molecule has 0 aliphatic rings. The number of ether oxygens (including phenoxy) is 2. The van der Waals surface area contributed by atoms with E-state index in [1.807, 2.05) is 0 Å². The van der Waals surface area contributed by atoms with E-state index in [1.54, 1.807) is 36.4 Å². The maximum absolute atomic E-state index is 11.7. The normalized spacial score (nSPS) is 9.83. The molecule has 8 heteroatoms. The zero-order valence-electron chi connectivity index (χ0n) is 12.5. The van der Waals surface area contributed by atoms with Gasteiger partial charge in [-0.05, 0) is 18.2 Å². The van der Waals surface area contributed by atoms with E-state index in [-0.39, 0.29) is 18.0 Å². The van der Waals surface area contributed by atoms with E-state index in [9.17, 15) is 19.7 Å². The molecule has 0 aliphatic carbocycles. The van der Waals surface area contributed by atoms with Crippen molar-refractivity contribution in [3.05, 3.63) is 64.7 Å². The highest BCUT2D eigenvalue weighted by Crippen LogP contribution is 2.22. The Morgan fingerprint density at radius 2 is 1.67 bits per heavy atom. The lowest BCUT2D eigenvalue weighted by atomic mass is 10.2. The molecule has 0 heterocycles. The summed E-state index contributed by atoms with van der Waals surface area (Å²) < 4.78 is 9.93. The standard InChI is InChI=1S/C16H14N2O6/c19-15(17-13-8-4-5-9-14(13)18(21)22)10-24-16(20)11-23-12-6-2-1-3-7-12/h1-9H,10-11H2,(H,17,19). The van der Waals surface area contributed by atoms with E-state index in [0.717, 1.165) is 0 Å². The maximum atomic E-state index is 11.7. The van der Waals surface area contributed by atoms with Crippen molar-refractivity contribution >= 4 is 23.3 Å². The van der Waals surface area contributed by atoms with Crippen LogP contribution in [0, 0.1) is 10.1 Å². The molecule has 0 unspecified atom stereocenters. The lowest BCUT2D eigenvalue weighted by Crippen LogP contribution is -2.24. The van der Waals surface area contributed by atoms with Gasteiger partial charge in [0.15, 0.2) is 13.2 Å². The second-order valence-corrected chi connectivity index (χ2v) is 4.58. The Morgan fingerprint density at radius 1 is 1.00 bits per heavy atom. The van der Waals surface area contributed by atoms with E-state index in [1.165, 1.54) is 18.2 Å². The molecule has 0 aliphatic heterocycles. The number of para-hydroxylation sites is 3. The number of esters is 1. The number of anilines is 1. The summed E-state index contributed by atoms with van der Waals surface area (Å²) in [5.74, 6) is -0.910. The van der Waals surface area contributed by atoms with Crippen molar-refractivity contribution in [1.82, 2.24) is 0 Å². The highest BCUT2D eigenvalue weighted by molar-refractivity contribution is 5.94. The van der Waals surface area contributed by atoms with Crippen molar-refractivity contribution in [1.29, 1.82) is 0 Å². The van der Waals surface area contributed by atoms with E-state index < -0.39 is 23.4 Å². The molecular formula is C16H14N2O6. The van der Waals surface area contributed by atoms with Crippen molar-refractivity contribution in [2.75, 3.05) is 18.5 Å². The van der Waals surface area contributed by atoms with Gasteiger partial charge in [0.05, 0.1) is 4.92 Å². The van der Waals surface area contributed by atoms with E-state index >= 15 is 0 Å². The van der Waals surface area contributed by atoms with Gasteiger partial charge in [-0.25, -0.2) is 4.79 Å². The quantitative estimate of drug-likeness (QED) is 0.473. The summed E-state index contributed by atoms with van der Waals surface area (Å²) in [5.41, 5.74) is -0.214. The van der Waals surface area contributed by atoms with Crippen molar-refractivity contribution in [3.8, 4) is 5.75 Å². The van der Waals surface area contributed by atoms with Crippen LogP contribution in [0.1, 0.15) is 0 Å². The molecule has 2 aromatic carbocycles. The van der Waals surface area contributed by atoms with Gasteiger partial charge in [0.2, 0.25) is 0 Å². The fourth-order valence-corrected chi connectivity index (χ4v) is 1.77. The number of hydrogen-bond donors (Lipinski definition) is 1. The monoisotopic (exact) mass is 330 g/mol. The zero-order valence-corrected chi connectivity index (χ0v) is 12.5. The van der Waals surface area contributed by atoms with E-state index in [4.69, 9.17) is 9.47 Å². The largest absolute Gasteiger partial charge is 0.482 e. The van der Waals surface area contributed by atoms with Crippen molar-refractivity contribution in [2.24, 2.45) is 0 Å². The number of rotatable bonds is 7. The third kappa shape index (κ3) is 5.09. The summed E-state index contributed by atoms with van der Waals surface area (Å²) in [5, 5.41) is 13.2. The number of nitrogens with zero attached hydrogens (tertiary/aromatic N) is 1. The molecule has 0 aromatic heterocycles. The summed E-state index contributed by atoms with van der Waals surface area (Å²) in [4.78, 5) is 33.5. The molecule has 0 radical (unpaired) electrons. The zero-order chi connectivity index (χ0) is 17.4. The molecule has 1 amide bonds. The molecule has 0 saturated carbocycles. The minimum Gasteiger partial charge on any atom is -0.482 e. The average Bonchev–Trinajstić information content (AvgIpc) is 2.59. The SMILES string of the molecule is O=C(COC(=O)COc1ccccc1)Nc1ccccc1[N+](=O)[O-]. The minimum absolute atomic E-state index is 0.0316. The molecule has 0 saturated heterocycles. The van der Waals surface area contributed by atoms with Crippen LogP contribution in [-0.2, 0) is 14.3 Å². The molecule has 0 fully saturated rings. The van der Waals surface area contributed by atoms with Crippen LogP contribution in [0.15, 0.2) is 54.6 Å². The second-order valence-electron chi connectivity index (χ2n) is 4.58. The molecule has 1 N–H and O–H groups in total. The van der Waals surface area contributed by atoms with Crippen LogP contribution in [0.25, 0.3) is 0 Å². The summed E-state index contributed by atoms with van der Waals surface area (Å²) in [7, 11) is 0. The summed E-state index contributed by atoms with van der Waals surface area (Å²) in [6.07, 6.45) is 0. The third-order valence-electron chi connectivity index (χ3n) is 2.84. The second kappa shape index (κ2) is 8.28. The molecule has 124 valence electrons. The topological polar surface area (TPSA) is 108 Å². The summed E-state index contributed by atoms with van der Waals surface area (Å²) >= 11 is 0. The lowest BCUT2D eigenvalue weighted by molar-refractivity contribution is -0.383. The van der Waals surface area contributed by atoms with Crippen molar-refractivity contribution < 1.29 is 24.0 Å². The summed E-state index contributed by atoms with van der Waals surface area (Å²) in [6, 6.07) is 14.3. The number of benzene rings is 2. The lowest BCUT2D eigenvalue weighted by Gasteiger charge is -2.08. The third-order valence-corrected chi connectivity index (χ3v) is 2.84. The Morgan fingerprint density at radius 3 is 2.38 bits per heavy atom. The van der Waals surface area contributed by atoms with E-state index in [2.05, 4.69) is 5.32 Å². The van der Waals surface area contributed by atoms with Crippen LogP contribution in [0.3, 0.4) is 0 Å². The fraction of sp³-hybridized carbons (Fsp3) is 0.125. The Labute approximate surface area is 137 Å². The number of nitro groups is 1. The first-order valence-electron chi connectivity index (χ1n) is 6.93. The first kappa shape index (κ1) is 16.9. The number of amides is 1. The van der Waals surface area contributed by atoms with Gasteiger partial charge in [0.1, 0.15) is 11.4 Å². The molecule has 24 heavy (non-hydrogen) atoms. The van der Waals surface area contributed by atoms with Gasteiger partial charge in [0, 0.05) is 6.07 Å². The van der Waals surface area contributed by atoms with Gasteiger partial charge in [0.25, 0.3) is 11.6 Å². The summed E-state index contributed by atoms with van der Waals surface area (Å²) in [6.45, 7) is -0.911. The molecule has 0 spiro atoms. The first-order valence-corrected chi connectivity index (χ1v) is 6.93. The number of carbonyl (C=O) groups is 2. The van der Waals surface area contributed by atoms with Crippen molar-refractivity contribution in [2.45, 2.75) is 0 Å². The smallest absolute Gasteiger partial charge is 0.344 e. The molecule has 2 aromatic rings. The van der Waals surface area contributed by atoms with Gasteiger partial charge < -0.3 is 14.8 Å². The maximum Gasteiger partial charge on any atom is 0.344 e. The fourth-order valence-electron chi connectivity index (χ4n) is 1.77.